The highest BCUT2D eigenvalue weighted by Crippen LogP contribution is 2.32. The molecule has 1 aromatic heterocycles. The van der Waals surface area contributed by atoms with Crippen LogP contribution in [0.4, 0.5) is 10.2 Å². The van der Waals surface area contributed by atoms with Gasteiger partial charge in [0.05, 0.1) is 31.5 Å². The van der Waals surface area contributed by atoms with Gasteiger partial charge in [-0.1, -0.05) is 12.1 Å². The molecule has 198 valence electrons. The molecule has 2 aromatic carbocycles. The molecule has 0 radical (unpaired) electrons. The molecule has 0 spiro atoms. The summed E-state index contributed by atoms with van der Waals surface area (Å²) in [6, 6.07) is 14.6. The Labute approximate surface area is 222 Å². The maximum absolute atomic E-state index is 14.7. The number of halogens is 1. The second-order valence-electron chi connectivity index (χ2n) is 10.00. The van der Waals surface area contributed by atoms with E-state index in [1.165, 1.54) is 19.0 Å². The van der Waals surface area contributed by atoms with Gasteiger partial charge in [-0.05, 0) is 61.8 Å². The van der Waals surface area contributed by atoms with Gasteiger partial charge in [-0.15, -0.1) is 0 Å². The Bertz CT molecular complexity index is 1300. The molecule has 1 aliphatic carbocycles. The minimum Gasteiger partial charge on any atom is -0.497 e. The average Bonchev–Trinajstić information content (AvgIpc) is 3.80. The summed E-state index contributed by atoms with van der Waals surface area (Å²) in [7, 11) is 1.60. The lowest BCUT2D eigenvalue weighted by Crippen LogP contribution is -2.39. The summed E-state index contributed by atoms with van der Waals surface area (Å²) in [6.07, 6.45) is 4.42. The smallest absolute Gasteiger partial charge is 0.183 e. The Balaban J connectivity index is 1.17. The summed E-state index contributed by atoms with van der Waals surface area (Å²) in [4.78, 5) is 10.6. The molecule has 1 unspecified atom stereocenters. The summed E-state index contributed by atoms with van der Waals surface area (Å²) in [5.41, 5.74) is 1.88. The van der Waals surface area contributed by atoms with Gasteiger partial charge in [0.1, 0.15) is 17.7 Å². The van der Waals surface area contributed by atoms with Crippen molar-refractivity contribution in [1.82, 2.24) is 15.3 Å². The van der Waals surface area contributed by atoms with E-state index in [-0.39, 0.29) is 5.82 Å². The van der Waals surface area contributed by atoms with E-state index in [1.807, 2.05) is 29.2 Å². The number of hydrogen-bond donors (Lipinski definition) is 2. The van der Waals surface area contributed by atoms with Crippen LogP contribution in [-0.2, 0) is 0 Å². The predicted molar refractivity (Wildman–Crippen MR) is 141 cm³/mol. The van der Waals surface area contributed by atoms with Gasteiger partial charge >= 0.3 is 0 Å². The number of aliphatic hydroxyl groups is 1. The van der Waals surface area contributed by atoms with Crippen LogP contribution in [0.25, 0.3) is 11.4 Å². The molecule has 2 aliphatic rings. The quantitative estimate of drug-likeness (QED) is 0.380. The first-order valence-electron chi connectivity index (χ1n) is 13.0. The van der Waals surface area contributed by atoms with E-state index in [2.05, 4.69) is 21.4 Å². The first-order chi connectivity index (χ1) is 18.5. The van der Waals surface area contributed by atoms with Crippen molar-refractivity contribution in [1.29, 1.82) is 5.26 Å². The number of aromatic nitrogens is 2. The zero-order chi connectivity index (χ0) is 26.5. The van der Waals surface area contributed by atoms with Gasteiger partial charge in [-0.3, -0.25) is 5.32 Å². The Morgan fingerprint density at radius 1 is 1.13 bits per heavy atom. The number of piperidine rings is 1. The maximum atomic E-state index is 14.7. The summed E-state index contributed by atoms with van der Waals surface area (Å²) < 4.78 is 26.0. The molecule has 1 saturated carbocycles. The van der Waals surface area contributed by atoms with Crippen LogP contribution in [0.15, 0.2) is 48.7 Å². The molecular weight excluding hydrogens is 485 g/mol. The number of nitriles is 1. The number of benzene rings is 2. The van der Waals surface area contributed by atoms with Gasteiger partial charge in [0.2, 0.25) is 0 Å². The van der Waals surface area contributed by atoms with E-state index in [0.29, 0.717) is 72.1 Å². The molecule has 5 rings (SSSR count). The number of nitrogens with zero attached hydrogens (tertiary/aromatic N) is 4. The van der Waals surface area contributed by atoms with Crippen molar-refractivity contribution in [2.45, 2.75) is 31.9 Å². The fraction of sp³-hybridized carbons (Fsp3) is 0.414. The monoisotopic (exact) mass is 517 g/mol. The fourth-order valence-corrected chi connectivity index (χ4v) is 4.64. The van der Waals surface area contributed by atoms with Crippen LogP contribution in [0.5, 0.6) is 11.5 Å². The molecule has 0 bridgehead atoms. The Hall–Kier alpha value is -3.74. The Morgan fingerprint density at radius 3 is 2.66 bits per heavy atom. The van der Waals surface area contributed by atoms with Gasteiger partial charge in [0.15, 0.2) is 17.5 Å². The second-order valence-corrected chi connectivity index (χ2v) is 10.00. The van der Waals surface area contributed by atoms with Crippen molar-refractivity contribution in [3.8, 4) is 29.0 Å². The summed E-state index contributed by atoms with van der Waals surface area (Å²) in [5.74, 6) is 2.52. The van der Waals surface area contributed by atoms with Gasteiger partial charge in [-0.2, -0.15) is 5.26 Å². The van der Waals surface area contributed by atoms with Gasteiger partial charge in [-0.25, -0.2) is 14.4 Å². The van der Waals surface area contributed by atoms with Gasteiger partial charge < -0.3 is 19.5 Å². The molecule has 1 atom stereocenters. The molecule has 8 nitrogen and oxygen atoms in total. The minimum absolute atomic E-state index is 0.277. The number of hydrogen-bond acceptors (Lipinski definition) is 8. The summed E-state index contributed by atoms with van der Waals surface area (Å²) >= 11 is 0. The number of rotatable bonds is 10. The van der Waals surface area contributed by atoms with E-state index in [4.69, 9.17) is 14.7 Å². The first kappa shape index (κ1) is 25.9. The third-order valence-electron chi connectivity index (χ3n) is 7.13. The molecule has 2 fully saturated rings. The minimum atomic E-state index is -0.850. The normalized spacial score (nSPS) is 16.6. The Morgan fingerprint density at radius 2 is 1.92 bits per heavy atom. The highest BCUT2D eigenvalue weighted by atomic mass is 19.1. The van der Waals surface area contributed by atoms with E-state index in [9.17, 15) is 9.50 Å². The zero-order valence-corrected chi connectivity index (χ0v) is 21.4. The third-order valence-corrected chi connectivity index (χ3v) is 7.13. The molecule has 1 aliphatic heterocycles. The van der Waals surface area contributed by atoms with Crippen molar-refractivity contribution in [2.24, 2.45) is 11.8 Å². The van der Waals surface area contributed by atoms with Crippen LogP contribution in [0.2, 0.25) is 0 Å². The summed E-state index contributed by atoms with van der Waals surface area (Å²) in [6.45, 7) is 2.61. The van der Waals surface area contributed by atoms with E-state index < -0.39 is 12.0 Å². The largest absolute Gasteiger partial charge is 0.497 e. The van der Waals surface area contributed by atoms with Gasteiger partial charge in [0, 0.05) is 36.8 Å². The van der Waals surface area contributed by atoms with Crippen molar-refractivity contribution < 1.29 is 19.0 Å². The lowest BCUT2D eigenvalue weighted by atomic mass is 9.96. The van der Waals surface area contributed by atoms with E-state index in [0.717, 1.165) is 12.8 Å². The zero-order valence-electron chi connectivity index (χ0n) is 21.4. The van der Waals surface area contributed by atoms with Crippen LogP contribution >= 0.6 is 0 Å². The van der Waals surface area contributed by atoms with Crippen molar-refractivity contribution in [3.63, 3.8) is 0 Å². The second kappa shape index (κ2) is 11.8. The standard InChI is InChI=1S/C29H32FN5O3/c1-37-24-12-23(13-25(14-24)38-18-20-5-6-20)29(36)33-16-19-7-9-35(10-8-19)28-26(30)17-32-27(34-28)22-4-2-3-21(11-22)15-31/h2-4,11-14,17,19-20,29,33,36H,5-10,16,18H2,1H3. The molecule has 2 heterocycles. The number of nitrogens with one attached hydrogen (secondary N) is 1. The van der Waals surface area contributed by atoms with E-state index >= 15 is 0 Å². The van der Waals surface area contributed by atoms with Crippen LogP contribution in [0.3, 0.4) is 0 Å². The van der Waals surface area contributed by atoms with Gasteiger partial charge in [0.25, 0.3) is 0 Å². The average molecular weight is 518 g/mol. The summed E-state index contributed by atoms with van der Waals surface area (Å²) in [5, 5.41) is 23.2. The molecule has 2 N–H and O–H groups in total. The molecule has 38 heavy (non-hydrogen) atoms. The highest BCUT2D eigenvalue weighted by Gasteiger charge is 2.25. The molecule has 3 aromatic rings. The maximum Gasteiger partial charge on any atom is 0.183 e. The molecule has 0 amide bonds. The van der Waals surface area contributed by atoms with Crippen LogP contribution in [-0.4, -0.2) is 48.4 Å². The SMILES string of the molecule is COc1cc(OCC2CC2)cc(C(O)NCC2CCN(c3nc(-c4cccc(C#N)c4)ncc3F)CC2)c1. The lowest BCUT2D eigenvalue weighted by molar-refractivity contribution is 0.129. The van der Waals surface area contributed by atoms with Crippen LogP contribution < -0.4 is 19.7 Å². The lowest BCUT2D eigenvalue weighted by Gasteiger charge is -2.33. The number of methoxy groups -OCH3 is 1. The van der Waals surface area contributed by atoms with Crippen molar-refractivity contribution in [2.75, 3.05) is 38.3 Å². The van der Waals surface area contributed by atoms with Crippen molar-refractivity contribution >= 4 is 5.82 Å². The predicted octanol–water partition coefficient (Wildman–Crippen LogP) is 4.45. The number of ether oxygens (including phenoxy) is 2. The third kappa shape index (κ3) is 6.39. The van der Waals surface area contributed by atoms with Crippen molar-refractivity contribution in [3.05, 3.63) is 65.6 Å². The van der Waals surface area contributed by atoms with Crippen LogP contribution in [0, 0.1) is 29.0 Å². The number of anilines is 1. The molecule has 1 saturated heterocycles. The first-order valence-corrected chi connectivity index (χ1v) is 13.0. The van der Waals surface area contributed by atoms with E-state index in [1.54, 1.807) is 25.3 Å². The molecule has 9 heteroatoms. The topological polar surface area (TPSA) is 104 Å². The van der Waals surface area contributed by atoms with Crippen LogP contribution in [0.1, 0.15) is 43.0 Å². The molecular formula is C29H32FN5O3. The number of aliphatic hydroxyl groups excluding tert-OH is 1. The fourth-order valence-electron chi connectivity index (χ4n) is 4.64. The Kier molecular flexibility index (Phi) is 8.01. The highest BCUT2D eigenvalue weighted by molar-refractivity contribution is 5.60.